The van der Waals surface area contributed by atoms with Gasteiger partial charge in [0.1, 0.15) is 10.6 Å². The summed E-state index contributed by atoms with van der Waals surface area (Å²) in [5.41, 5.74) is 1.33. The number of methoxy groups -OCH3 is 1. The van der Waals surface area contributed by atoms with Crippen molar-refractivity contribution in [1.29, 1.82) is 0 Å². The smallest absolute Gasteiger partial charge is 0.264 e. The molecule has 2 aromatic heterocycles. The van der Waals surface area contributed by atoms with E-state index in [1.165, 1.54) is 6.07 Å². The average molecular weight is 365 g/mol. The van der Waals surface area contributed by atoms with E-state index in [1.54, 1.807) is 49.8 Å². The molecular formula is C19H15N3O3S. The third-order valence-electron chi connectivity index (χ3n) is 4.08. The molecule has 7 heteroatoms. The van der Waals surface area contributed by atoms with Crippen LogP contribution in [0.2, 0.25) is 0 Å². The molecule has 1 N–H and O–H groups in total. The van der Waals surface area contributed by atoms with E-state index in [4.69, 9.17) is 4.74 Å². The van der Waals surface area contributed by atoms with Gasteiger partial charge in [0.15, 0.2) is 0 Å². The molecule has 26 heavy (non-hydrogen) atoms. The van der Waals surface area contributed by atoms with Crippen molar-refractivity contribution in [1.82, 2.24) is 9.97 Å². The third kappa shape index (κ3) is 2.72. The van der Waals surface area contributed by atoms with E-state index in [-0.39, 0.29) is 4.90 Å². The predicted octanol–water partition coefficient (Wildman–Crippen LogP) is 3.59. The molecule has 0 spiro atoms. The number of nitrogens with zero attached hydrogens (tertiary/aromatic N) is 2. The zero-order valence-electron chi connectivity index (χ0n) is 13.9. The van der Waals surface area contributed by atoms with Gasteiger partial charge in [0.2, 0.25) is 0 Å². The summed E-state index contributed by atoms with van der Waals surface area (Å²) in [6.45, 7) is 0. The van der Waals surface area contributed by atoms with Crippen LogP contribution in [0, 0.1) is 0 Å². The van der Waals surface area contributed by atoms with Crippen LogP contribution in [-0.4, -0.2) is 25.5 Å². The highest BCUT2D eigenvalue weighted by molar-refractivity contribution is 7.93. The molecule has 6 nitrogen and oxygen atoms in total. The fourth-order valence-corrected chi connectivity index (χ4v) is 4.15. The summed E-state index contributed by atoms with van der Waals surface area (Å²) in [6, 6.07) is 15.6. The molecule has 4 rings (SSSR count). The number of fused-ring (bicyclic) bond motifs is 2. The number of aromatic nitrogens is 2. The molecule has 0 radical (unpaired) electrons. The van der Waals surface area contributed by atoms with Gasteiger partial charge in [-0.25, -0.2) is 8.42 Å². The van der Waals surface area contributed by atoms with Gasteiger partial charge in [0.25, 0.3) is 10.0 Å². The Morgan fingerprint density at radius 2 is 1.62 bits per heavy atom. The second-order valence-electron chi connectivity index (χ2n) is 5.65. The molecule has 0 unspecified atom stereocenters. The van der Waals surface area contributed by atoms with Crippen LogP contribution in [0.1, 0.15) is 0 Å². The fourth-order valence-electron chi connectivity index (χ4n) is 2.90. The molecule has 4 aromatic rings. The summed E-state index contributed by atoms with van der Waals surface area (Å²) in [6.07, 6.45) is 3.19. The van der Waals surface area contributed by atoms with Gasteiger partial charge in [-0.1, -0.05) is 18.2 Å². The molecule has 0 bridgehead atoms. The molecule has 0 fully saturated rings. The van der Waals surface area contributed by atoms with E-state index in [0.29, 0.717) is 22.5 Å². The van der Waals surface area contributed by atoms with Crippen molar-refractivity contribution in [2.24, 2.45) is 0 Å². The van der Waals surface area contributed by atoms with Crippen LogP contribution in [0.4, 0.5) is 5.69 Å². The molecule has 0 atom stereocenters. The summed E-state index contributed by atoms with van der Waals surface area (Å²) in [5, 5.41) is 1.49. The number of hydrogen-bond acceptors (Lipinski definition) is 5. The van der Waals surface area contributed by atoms with Gasteiger partial charge in [0.05, 0.1) is 23.8 Å². The Morgan fingerprint density at radius 1 is 0.885 bits per heavy atom. The van der Waals surface area contributed by atoms with E-state index in [1.807, 2.05) is 18.2 Å². The monoisotopic (exact) mass is 365 g/mol. The Kier molecular flexibility index (Phi) is 3.93. The summed E-state index contributed by atoms with van der Waals surface area (Å²) in [5.74, 6) is 0.628. The standard InChI is InChI=1S/C19H15N3O3S/c1-25-16-10-9-15(19-14(16)7-4-12-21-19)22-26(23,24)17-8-2-5-13-6-3-11-20-18(13)17/h2-12,22H,1H3. The van der Waals surface area contributed by atoms with Crippen molar-refractivity contribution >= 4 is 37.5 Å². The van der Waals surface area contributed by atoms with Crippen LogP contribution in [0.25, 0.3) is 21.8 Å². The number of benzene rings is 2. The first kappa shape index (κ1) is 16.3. The van der Waals surface area contributed by atoms with Crippen molar-refractivity contribution in [2.75, 3.05) is 11.8 Å². The van der Waals surface area contributed by atoms with Gasteiger partial charge >= 0.3 is 0 Å². The predicted molar refractivity (Wildman–Crippen MR) is 101 cm³/mol. The highest BCUT2D eigenvalue weighted by Gasteiger charge is 2.20. The summed E-state index contributed by atoms with van der Waals surface area (Å²) in [7, 11) is -2.28. The van der Waals surface area contributed by atoms with Crippen molar-refractivity contribution in [3.63, 3.8) is 0 Å². The first-order chi connectivity index (χ1) is 12.6. The largest absolute Gasteiger partial charge is 0.496 e. The quantitative estimate of drug-likeness (QED) is 0.598. The lowest BCUT2D eigenvalue weighted by molar-refractivity contribution is 0.420. The number of hydrogen-bond donors (Lipinski definition) is 1. The normalized spacial score (nSPS) is 11.6. The Balaban J connectivity index is 1.85. The number of ether oxygens (including phenoxy) is 1. The molecule has 0 amide bonds. The van der Waals surface area contributed by atoms with Crippen LogP contribution in [0.3, 0.4) is 0 Å². The van der Waals surface area contributed by atoms with Gasteiger partial charge in [-0.05, 0) is 36.4 Å². The minimum atomic E-state index is -3.84. The van der Waals surface area contributed by atoms with Crippen molar-refractivity contribution in [3.8, 4) is 5.75 Å². The number of para-hydroxylation sites is 1. The van der Waals surface area contributed by atoms with Gasteiger partial charge in [0, 0.05) is 23.2 Å². The van der Waals surface area contributed by atoms with E-state index in [2.05, 4.69) is 14.7 Å². The van der Waals surface area contributed by atoms with Crippen LogP contribution in [0.5, 0.6) is 5.75 Å². The molecule has 0 aliphatic rings. The van der Waals surface area contributed by atoms with Gasteiger partial charge in [-0.15, -0.1) is 0 Å². The maximum atomic E-state index is 13.0. The fraction of sp³-hybridized carbons (Fsp3) is 0.0526. The third-order valence-corrected chi connectivity index (χ3v) is 5.48. The van der Waals surface area contributed by atoms with E-state index in [0.717, 1.165) is 10.8 Å². The second-order valence-corrected chi connectivity index (χ2v) is 7.30. The minimum Gasteiger partial charge on any atom is -0.496 e. The van der Waals surface area contributed by atoms with E-state index in [9.17, 15) is 8.42 Å². The lowest BCUT2D eigenvalue weighted by Gasteiger charge is -2.13. The first-order valence-corrected chi connectivity index (χ1v) is 9.37. The van der Waals surface area contributed by atoms with Crippen molar-refractivity contribution in [3.05, 3.63) is 67.0 Å². The summed E-state index contributed by atoms with van der Waals surface area (Å²) in [4.78, 5) is 8.65. The zero-order chi connectivity index (χ0) is 18.1. The van der Waals surface area contributed by atoms with Crippen LogP contribution < -0.4 is 9.46 Å². The molecule has 0 saturated heterocycles. The van der Waals surface area contributed by atoms with Crippen LogP contribution in [0.15, 0.2) is 71.9 Å². The van der Waals surface area contributed by atoms with Gasteiger partial charge in [-0.2, -0.15) is 0 Å². The maximum Gasteiger partial charge on any atom is 0.264 e. The Morgan fingerprint density at radius 3 is 2.42 bits per heavy atom. The van der Waals surface area contributed by atoms with Crippen LogP contribution in [-0.2, 0) is 10.0 Å². The average Bonchev–Trinajstić information content (AvgIpc) is 2.67. The minimum absolute atomic E-state index is 0.121. The summed E-state index contributed by atoms with van der Waals surface area (Å²) < 4.78 is 34.0. The van der Waals surface area contributed by atoms with E-state index < -0.39 is 10.0 Å². The molecule has 2 heterocycles. The highest BCUT2D eigenvalue weighted by Crippen LogP contribution is 2.31. The van der Waals surface area contributed by atoms with Crippen molar-refractivity contribution in [2.45, 2.75) is 4.90 Å². The highest BCUT2D eigenvalue weighted by atomic mass is 32.2. The number of pyridine rings is 2. The zero-order valence-corrected chi connectivity index (χ0v) is 14.7. The Bertz CT molecular complexity index is 1220. The van der Waals surface area contributed by atoms with Crippen LogP contribution >= 0.6 is 0 Å². The lowest BCUT2D eigenvalue weighted by Crippen LogP contribution is -2.14. The first-order valence-electron chi connectivity index (χ1n) is 7.88. The topological polar surface area (TPSA) is 81.2 Å². The molecule has 0 saturated carbocycles. The molecule has 0 aliphatic heterocycles. The second kappa shape index (κ2) is 6.27. The number of anilines is 1. The Hall–Kier alpha value is -3.19. The van der Waals surface area contributed by atoms with E-state index >= 15 is 0 Å². The van der Waals surface area contributed by atoms with Gasteiger partial charge < -0.3 is 4.74 Å². The van der Waals surface area contributed by atoms with Crippen molar-refractivity contribution < 1.29 is 13.2 Å². The molecule has 0 aliphatic carbocycles. The number of sulfonamides is 1. The number of nitrogens with one attached hydrogen (secondary N) is 1. The lowest BCUT2D eigenvalue weighted by atomic mass is 10.2. The Labute approximate surface area is 150 Å². The molecular weight excluding hydrogens is 350 g/mol. The SMILES string of the molecule is COc1ccc(NS(=O)(=O)c2cccc3cccnc23)c2ncccc12. The molecule has 2 aromatic carbocycles. The summed E-state index contributed by atoms with van der Waals surface area (Å²) >= 11 is 0. The maximum absolute atomic E-state index is 13.0. The van der Waals surface area contributed by atoms with Gasteiger partial charge in [-0.3, -0.25) is 14.7 Å². The molecule has 130 valence electrons. The number of rotatable bonds is 4.